The molecule has 8 heteroatoms. The summed E-state index contributed by atoms with van der Waals surface area (Å²) in [5.41, 5.74) is 2.04. The lowest BCUT2D eigenvalue weighted by atomic mass is 10.0. The number of hydrogen-bond donors (Lipinski definition) is 1. The molecule has 0 radical (unpaired) electrons. The van der Waals surface area contributed by atoms with Crippen LogP contribution in [0, 0.1) is 11.3 Å². The molecule has 0 saturated carbocycles. The molecule has 1 aromatic carbocycles. The average Bonchev–Trinajstić information content (AvgIpc) is 3.05. The van der Waals surface area contributed by atoms with Gasteiger partial charge in [0, 0.05) is 23.9 Å². The molecule has 0 saturated heterocycles. The third-order valence-corrected chi connectivity index (χ3v) is 5.62. The monoisotopic (exact) mass is 397 g/mol. The first-order valence-electron chi connectivity index (χ1n) is 8.83. The van der Waals surface area contributed by atoms with Crippen molar-refractivity contribution in [2.24, 2.45) is 0 Å². The van der Waals surface area contributed by atoms with Crippen molar-refractivity contribution in [1.29, 1.82) is 5.26 Å². The molecule has 0 spiro atoms. The molecule has 1 aliphatic heterocycles. The van der Waals surface area contributed by atoms with Crippen LogP contribution in [0.15, 0.2) is 24.3 Å². The first-order valence-corrected chi connectivity index (χ1v) is 9.65. The number of rotatable bonds is 4. The molecule has 3 rings (SSSR count). The molecule has 7 nitrogen and oxygen atoms in total. The Morgan fingerprint density at radius 1 is 1.29 bits per heavy atom. The number of anilines is 1. The Kier molecular flexibility index (Phi) is 5.76. The smallest absolute Gasteiger partial charge is 0.341 e. The summed E-state index contributed by atoms with van der Waals surface area (Å²) in [5.74, 6) is -0.886. The quantitative estimate of drug-likeness (QED) is 0.800. The number of nitriles is 1. The molecular formula is C20H19N3O4S. The molecule has 0 atom stereocenters. The highest BCUT2D eigenvalue weighted by atomic mass is 32.1. The van der Waals surface area contributed by atoms with Crippen LogP contribution in [0.1, 0.15) is 50.6 Å². The minimum atomic E-state index is -0.480. The molecule has 144 valence electrons. The van der Waals surface area contributed by atoms with E-state index in [9.17, 15) is 14.4 Å². The topological polar surface area (TPSA) is 99.5 Å². The number of hydrogen-bond acceptors (Lipinski definition) is 6. The largest absolute Gasteiger partial charge is 0.462 e. The molecular weight excluding hydrogens is 378 g/mol. The standard InChI is InChI=1S/C20H19N3O4S/c1-3-27-20(26)17-15-8-9-23(12(2)24)11-16(15)28-19(17)22-18(25)14-6-4-13(10-21)5-7-14/h4-7H,3,8-9,11H2,1-2H3,(H,22,25). The molecule has 0 fully saturated rings. The van der Waals surface area contributed by atoms with E-state index >= 15 is 0 Å². The Morgan fingerprint density at radius 3 is 2.61 bits per heavy atom. The van der Waals surface area contributed by atoms with Gasteiger partial charge in [0.1, 0.15) is 5.00 Å². The van der Waals surface area contributed by atoms with Crippen LogP contribution in [-0.2, 0) is 22.5 Å². The summed E-state index contributed by atoms with van der Waals surface area (Å²) in [4.78, 5) is 39.4. The number of amides is 2. The van der Waals surface area contributed by atoms with Crippen LogP contribution in [0.4, 0.5) is 5.00 Å². The number of nitrogens with zero attached hydrogens (tertiary/aromatic N) is 2. The van der Waals surface area contributed by atoms with Gasteiger partial charge in [-0.15, -0.1) is 11.3 Å². The number of esters is 1. The van der Waals surface area contributed by atoms with Crippen molar-refractivity contribution >= 4 is 34.1 Å². The van der Waals surface area contributed by atoms with Crippen molar-refractivity contribution in [3.8, 4) is 6.07 Å². The van der Waals surface area contributed by atoms with Gasteiger partial charge in [-0.05, 0) is 43.2 Å². The van der Waals surface area contributed by atoms with Crippen molar-refractivity contribution in [2.45, 2.75) is 26.8 Å². The van der Waals surface area contributed by atoms with Gasteiger partial charge >= 0.3 is 5.97 Å². The maximum atomic E-state index is 12.6. The zero-order valence-corrected chi connectivity index (χ0v) is 16.4. The van der Waals surface area contributed by atoms with Gasteiger partial charge in [-0.1, -0.05) is 0 Å². The van der Waals surface area contributed by atoms with Gasteiger partial charge in [0.25, 0.3) is 5.91 Å². The number of carbonyl (C=O) groups excluding carboxylic acids is 3. The molecule has 1 N–H and O–H groups in total. The van der Waals surface area contributed by atoms with Crippen LogP contribution in [-0.4, -0.2) is 35.8 Å². The normalized spacial score (nSPS) is 12.7. The lowest BCUT2D eigenvalue weighted by molar-refractivity contribution is -0.129. The van der Waals surface area contributed by atoms with E-state index in [1.807, 2.05) is 6.07 Å². The summed E-state index contributed by atoms with van der Waals surface area (Å²) in [7, 11) is 0. The number of benzene rings is 1. The third-order valence-electron chi connectivity index (χ3n) is 4.49. The van der Waals surface area contributed by atoms with Gasteiger partial charge in [-0.3, -0.25) is 9.59 Å². The number of carbonyl (C=O) groups is 3. The van der Waals surface area contributed by atoms with E-state index in [-0.39, 0.29) is 18.4 Å². The van der Waals surface area contributed by atoms with Gasteiger partial charge in [-0.25, -0.2) is 4.79 Å². The maximum Gasteiger partial charge on any atom is 0.341 e. The van der Waals surface area contributed by atoms with Crippen molar-refractivity contribution in [1.82, 2.24) is 4.90 Å². The van der Waals surface area contributed by atoms with E-state index in [0.29, 0.717) is 41.2 Å². The van der Waals surface area contributed by atoms with Crippen LogP contribution in [0.2, 0.25) is 0 Å². The Hall–Kier alpha value is -3.18. The summed E-state index contributed by atoms with van der Waals surface area (Å²) in [5, 5.41) is 12.1. The Balaban J connectivity index is 1.93. The summed E-state index contributed by atoms with van der Waals surface area (Å²) >= 11 is 1.29. The second kappa shape index (κ2) is 8.23. The van der Waals surface area contributed by atoms with Gasteiger partial charge < -0.3 is 15.0 Å². The lowest BCUT2D eigenvalue weighted by Gasteiger charge is -2.25. The van der Waals surface area contributed by atoms with Crippen molar-refractivity contribution < 1.29 is 19.1 Å². The minimum absolute atomic E-state index is 0.0279. The number of fused-ring (bicyclic) bond motifs is 1. The SMILES string of the molecule is CCOC(=O)c1c(NC(=O)c2ccc(C#N)cc2)sc2c1CCN(C(C)=O)C2. The van der Waals surface area contributed by atoms with Crippen LogP contribution in [0.3, 0.4) is 0 Å². The van der Waals surface area contributed by atoms with Gasteiger partial charge in [0.15, 0.2) is 0 Å². The molecule has 28 heavy (non-hydrogen) atoms. The first-order chi connectivity index (χ1) is 13.4. The second-order valence-electron chi connectivity index (χ2n) is 6.26. The molecule has 0 aliphatic carbocycles. The van der Waals surface area contributed by atoms with Crippen LogP contribution < -0.4 is 5.32 Å². The van der Waals surface area contributed by atoms with Crippen molar-refractivity contribution in [3.05, 3.63) is 51.4 Å². The Bertz CT molecular complexity index is 973. The fourth-order valence-corrected chi connectivity index (χ4v) is 4.30. The van der Waals surface area contributed by atoms with E-state index in [1.54, 1.807) is 36.1 Å². The van der Waals surface area contributed by atoms with E-state index in [1.165, 1.54) is 18.3 Å². The Morgan fingerprint density at radius 2 is 2.00 bits per heavy atom. The molecule has 0 unspecified atom stereocenters. The van der Waals surface area contributed by atoms with Crippen molar-refractivity contribution in [2.75, 3.05) is 18.5 Å². The average molecular weight is 397 g/mol. The molecule has 2 aromatic rings. The van der Waals surface area contributed by atoms with E-state index in [4.69, 9.17) is 10.00 Å². The Labute approximate surface area is 166 Å². The zero-order valence-electron chi connectivity index (χ0n) is 15.6. The maximum absolute atomic E-state index is 12.6. The molecule has 1 aromatic heterocycles. The summed E-state index contributed by atoms with van der Waals surface area (Å²) in [6.45, 7) is 4.40. The second-order valence-corrected chi connectivity index (χ2v) is 7.37. The fourth-order valence-electron chi connectivity index (χ4n) is 3.05. The highest BCUT2D eigenvalue weighted by molar-refractivity contribution is 7.17. The summed E-state index contributed by atoms with van der Waals surface area (Å²) in [6, 6.07) is 8.24. The molecule has 2 heterocycles. The number of ether oxygens (including phenoxy) is 1. The van der Waals surface area contributed by atoms with Gasteiger partial charge in [0.05, 0.1) is 30.3 Å². The predicted molar refractivity (Wildman–Crippen MR) is 104 cm³/mol. The summed E-state index contributed by atoms with van der Waals surface area (Å²) < 4.78 is 5.18. The molecule has 2 amide bonds. The van der Waals surface area contributed by atoms with Gasteiger partial charge in [0.2, 0.25) is 5.91 Å². The number of thiophene rings is 1. The van der Waals surface area contributed by atoms with Crippen LogP contribution in [0.25, 0.3) is 0 Å². The molecule has 1 aliphatic rings. The van der Waals surface area contributed by atoms with E-state index in [0.717, 1.165) is 10.4 Å². The fraction of sp³-hybridized carbons (Fsp3) is 0.300. The van der Waals surface area contributed by atoms with Gasteiger partial charge in [-0.2, -0.15) is 5.26 Å². The van der Waals surface area contributed by atoms with E-state index in [2.05, 4.69) is 5.32 Å². The van der Waals surface area contributed by atoms with E-state index < -0.39 is 5.97 Å². The third kappa shape index (κ3) is 3.89. The lowest BCUT2D eigenvalue weighted by Crippen LogP contribution is -2.34. The zero-order chi connectivity index (χ0) is 20.3. The van der Waals surface area contributed by atoms with Crippen LogP contribution in [0.5, 0.6) is 0 Å². The summed E-state index contributed by atoms with van der Waals surface area (Å²) in [6.07, 6.45) is 0.534. The minimum Gasteiger partial charge on any atom is -0.462 e. The predicted octanol–water partition coefficient (Wildman–Crippen LogP) is 2.95. The highest BCUT2D eigenvalue weighted by Crippen LogP contribution is 2.38. The van der Waals surface area contributed by atoms with Crippen LogP contribution >= 0.6 is 11.3 Å². The van der Waals surface area contributed by atoms with Crippen molar-refractivity contribution in [3.63, 3.8) is 0 Å². The highest BCUT2D eigenvalue weighted by Gasteiger charge is 2.30. The first kappa shape index (κ1) is 19.6. The number of nitrogens with one attached hydrogen (secondary N) is 1. The molecule has 0 bridgehead atoms.